The number of ether oxygens (including phenoxy) is 2. The summed E-state index contributed by atoms with van der Waals surface area (Å²) in [4.78, 5) is 0. The van der Waals surface area contributed by atoms with Crippen molar-refractivity contribution in [1.29, 1.82) is 10.5 Å². The van der Waals surface area contributed by atoms with Gasteiger partial charge in [-0.1, -0.05) is 12.1 Å². The van der Waals surface area contributed by atoms with Gasteiger partial charge in [-0.15, -0.1) is 0 Å². The molecular weight excluding hydrogens is 328 g/mol. The lowest BCUT2D eigenvalue weighted by Crippen LogP contribution is -2.13. The van der Waals surface area contributed by atoms with Crippen molar-refractivity contribution in [2.75, 3.05) is 12.4 Å². The summed E-state index contributed by atoms with van der Waals surface area (Å²) in [5, 5.41) is 20.9. The molecule has 25 heavy (non-hydrogen) atoms. The van der Waals surface area contributed by atoms with Crippen LogP contribution in [-0.2, 0) is 0 Å². The molecular formula is C18H15F2N3O2. The van der Waals surface area contributed by atoms with Gasteiger partial charge < -0.3 is 14.8 Å². The summed E-state index contributed by atoms with van der Waals surface area (Å²) in [5.74, 6) is -2.23. The number of hydrogen-bond donors (Lipinski definition) is 1. The molecule has 1 N–H and O–H groups in total. The van der Waals surface area contributed by atoms with Crippen molar-refractivity contribution in [2.45, 2.75) is 20.0 Å². The summed E-state index contributed by atoms with van der Waals surface area (Å²) in [6.07, 6.45) is -0.480. The average molecular weight is 343 g/mol. The average Bonchev–Trinajstić information content (AvgIpc) is 2.60. The number of benzene rings is 2. The largest absolute Gasteiger partial charge is 0.495 e. The molecule has 0 aliphatic carbocycles. The standard InChI is InChI=1S/C18H15F2N3O2/c1-10(2)25-18-16(20)12(9-22)11(8-21)15(19)17(18)23-13-6-4-5-7-14(13)24-3/h4-7,10,23H,1-3H3. The summed E-state index contributed by atoms with van der Waals surface area (Å²) in [7, 11) is 1.43. The first kappa shape index (κ1) is 18.0. The number of anilines is 2. The molecule has 0 bridgehead atoms. The molecule has 0 atom stereocenters. The fourth-order valence-electron chi connectivity index (χ4n) is 2.22. The number of hydrogen-bond acceptors (Lipinski definition) is 5. The van der Waals surface area contributed by atoms with Gasteiger partial charge in [0.1, 0.15) is 34.7 Å². The highest BCUT2D eigenvalue weighted by molar-refractivity contribution is 5.75. The van der Waals surface area contributed by atoms with Crippen LogP contribution in [0.2, 0.25) is 0 Å². The highest BCUT2D eigenvalue weighted by Crippen LogP contribution is 2.40. The lowest BCUT2D eigenvalue weighted by molar-refractivity contribution is 0.231. The zero-order chi connectivity index (χ0) is 18.6. The molecule has 0 spiro atoms. The van der Waals surface area contributed by atoms with Crippen LogP contribution in [0, 0.1) is 34.3 Å². The minimum atomic E-state index is -1.09. The highest BCUT2D eigenvalue weighted by atomic mass is 19.1. The molecule has 0 amide bonds. The van der Waals surface area contributed by atoms with Gasteiger partial charge in [0.15, 0.2) is 17.4 Å². The third kappa shape index (κ3) is 3.46. The summed E-state index contributed by atoms with van der Waals surface area (Å²) in [6.45, 7) is 3.27. The quantitative estimate of drug-likeness (QED) is 0.878. The fourth-order valence-corrected chi connectivity index (χ4v) is 2.22. The van der Waals surface area contributed by atoms with Crippen molar-refractivity contribution < 1.29 is 18.3 Å². The Morgan fingerprint density at radius 3 is 2.20 bits per heavy atom. The minimum Gasteiger partial charge on any atom is -0.495 e. The van der Waals surface area contributed by atoms with Gasteiger partial charge in [0.2, 0.25) is 0 Å². The Morgan fingerprint density at radius 1 is 1.04 bits per heavy atom. The van der Waals surface area contributed by atoms with E-state index in [1.165, 1.54) is 19.2 Å². The third-order valence-corrected chi connectivity index (χ3v) is 3.28. The molecule has 5 nitrogen and oxygen atoms in total. The van der Waals surface area contributed by atoms with Gasteiger partial charge in [-0.05, 0) is 26.0 Å². The molecule has 0 radical (unpaired) electrons. The first-order valence-electron chi connectivity index (χ1n) is 7.36. The molecule has 2 aromatic rings. The van der Waals surface area contributed by atoms with Gasteiger partial charge in [-0.25, -0.2) is 8.78 Å². The molecule has 0 unspecified atom stereocenters. The van der Waals surface area contributed by atoms with E-state index in [1.807, 2.05) is 0 Å². The van der Waals surface area contributed by atoms with Crippen molar-refractivity contribution >= 4 is 11.4 Å². The predicted octanol–water partition coefficient (Wildman–Crippen LogP) is 4.25. The second-order valence-corrected chi connectivity index (χ2v) is 5.30. The van der Waals surface area contributed by atoms with Crippen LogP contribution in [0.3, 0.4) is 0 Å². The number of halogens is 2. The number of nitrogens with one attached hydrogen (secondary N) is 1. The predicted molar refractivity (Wildman–Crippen MR) is 87.8 cm³/mol. The van der Waals surface area contributed by atoms with Gasteiger partial charge in [-0.3, -0.25) is 0 Å². The fraction of sp³-hybridized carbons (Fsp3) is 0.222. The van der Waals surface area contributed by atoms with Gasteiger partial charge >= 0.3 is 0 Å². The molecule has 128 valence electrons. The Labute approximate surface area is 144 Å². The lowest BCUT2D eigenvalue weighted by atomic mass is 10.0. The molecule has 0 aliphatic rings. The van der Waals surface area contributed by atoms with E-state index >= 15 is 0 Å². The summed E-state index contributed by atoms with van der Waals surface area (Å²) in [6, 6.07) is 9.66. The van der Waals surface area contributed by atoms with Crippen LogP contribution in [0.25, 0.3) is 0 Å². The van der Waals surface area contributed by atoms with Crippen LogP contribution in [0.5, 0.6) is 11.5 Å². The maximum atomic E-state index is 14.8. The van der Waals surface area contributed by atoms with Crippen molar-refractivity contribution in [3.05, 3.63) is 47.0 Å². The number of methoxy groups -OCH3 is 1. The normalized spacial score (nSPS) is 10.1. The van der Waals surface area contributed by atoms with E-state index in [2.05, 4.69) is 5.32 Å². The molecule has 0 saturated carbocycles. The van der Waals surface area contributed by atoms with Gasteiger partial charge in [0.05, 0.1) is 18.9 Å². The van der Waals surface area contributed by atoms with Crippen LogP contribution < -0.4 is 14.8 Å². The summed E-state index contributed by atoms with van der Waals surface area (Å²) >= 11 is 0. The molecule has 2 aromatic carbocycles. The zero-order valence-corrected chi connectivity index (χ0v) is 13.9. The molecule has 7 heteroatoms. The molecule has 0 heterocycles. The number of rotatable bonds is 5. The molecule has 0 fully saturated rings. The number of para-hydroxylation sites is 2. The Morgan fingerprint density at radius 2 is 1.64 bits per heavy atom. The van der Waals surface area contributed by atoms with E-state index in [-0.39, 0.29) is 5.69 Å². The van der Waals surface area contributed by atoms with E-state index < -0.39 is 34.6 Å². The Balaban J connectivity index is 2.73. The van der Waals surface area contributed by atoms with Crippen LogP contribution in [0.15, 0.2) is 24.3 Å². The van der Waals surface area contributed by atoms with Crippen LogP contribution in [0.4, 0.5) is 20.2 Å². The monoisotopic (exact) mass is 343 g/mol. The van der Waals surface area contributed by atoms with E-state index in [0.29, 0.717) is 11.4 Å². The second-order valence-electron chi connectivity index (χ2n) is 5.30. The topological polar surface area (TPSA) is 78.1 Å². The summed E-state index contributed by atoms with van der Waals surface area (Å²) < 4.78 is 40.0. The lowest BCUT2D eigenvalue weighted by Gasteiger charge is -2.19. The van der Waals surface area contributed by atoms with E-state index in [0.717, 1.165) is 0 Å². The third-order valence-electron chi connectivity index (χ3n) is 3.28. The minimum absolute atomic E-state index is 0.352. The van der Waals surface area contributed by atoms with Crippen LogP contribution in [-0.4, -0.2) is 13.2 Å². The SMILES string of the molecule is COc1ccccc1Nc1c(F)c(C#N)c(C#N)c(F)c1OC(C)C. The molecule has 0 aliphatic heterocycles. The highest BCUT2D eigenvalue weighted by Gasteiger charge is 2.27. The second kappa shape index (κ2) is 7.50. The molecule has 2 rings (SSSR count). The van der Waals surface area contributed by atoms with Crippen molar-refractivity contribution in [3.63, 3.8) is 0 Å². The van der Waals surface area contributed by atoms with Crippen molar-refractivity contribution in [1.82, 2.24) is 0 Å². The van der Waals surface area contributed by atoms with Gasteiger partial charge in [-0.2, -0.15) is 10.5 Å². The van der Waals surface area contributed by atoms with E-state index in [4.69, 9.17) is 20.0 Å². The Bertz CT molecular complexity index is 883. The summed E-state index contributed by atoms with van der Waals surface area (Å²) in [5.41, 5.74) is -1.40. The first-order chi connectivity index (χ1) is 11.9. The van der Waals surface area contributed by atoms with E-state index in [9.17, 15) is 8.78 Å². The van der Waals surface area contributed by atoms with E-state index in [1.54, 1.807) is 38.1 Å². The van der Waals surface area contributed by atoms with Crippen molar-refractivity contribution in [3.8, 4) is 23.6 Å². The Hall–Kier alpha value is -3.32. The van der Waals surface area contributed by atoms with Crippen LogP contribution >= 0.6 is 0 Å². The zero-order valence-electron chi connectivity index (χ0n) is 13.9. The number of nitrogens with zero attached hydrogens (tertiary/aromatic N) is 2. The smallest absolute Gasteiger partial charge is 0.186 e. The molecule has 0 aromatic heterocycles. The maximum Gasteiger partial charge on any atom is 0.186 e. The van der Waals surface area contributed by atoms with Crippen LogP contribution in [0.1, 0.15) is 25.0 Å². The Kier molecular flexibility index (Phi) is 5.41. The molecule has 0 saturated heterocycles. The first-order valence-corrected chi connectivity index (χ1v) is 7.36. The van der Waals surface area contributed by atoms with Gasteiger partial charge in [0, 0.05) is 0 Å². The van der Waals surface area contributed by atoms with Crippen molar-refractivity contribution in [2.24, 2.45) is 0 Å². The van der Waals surface area contributed by atoms with Gasteiger partial charge in [0.25, 0.3) is 0 Å². The number of nitriles is 2. The maximum absolute atomic E-state index is 14.8.